The molecule has 0 aliphatic heterocycles. The molecule has 122 valence electrons. The van der Waals surface area contributed by atoms with Gasteiger partial charge in [-0.1, -0.05) is 29.8 Å². The van der Waals surface area contributed by atoms with Crippen molar-refractivity contribution in [3.05, 3.63) is 77.2 Å². The number of rotatable bonds is 7. The molecule has 2 N–H and O–H groups in total. The normalized spacial score (nSPS) is 10.4. The fourth-order valence-corrected chi connectivity index (χ4v) is 2.47. The number of pyridine rings is 1. The van der Waals surface area contributed by atoms with Crippen molar-refractivity contribution in [3.63, 3.8) is 0 Å². The summed E-state index contributed by atoms with van der Waals surface area (Å²) in [6.45, 7) is 1.42. The Morgan fingerprint density at radius 2 is 1.88 bits per heavy atom. The first kappa shape index (κ1) is 16.2. The molecule has 6 heteroatoms. The molecule has 24 heavy (non-hydrogen) atoms. The van der Waals surface area contributed by atoms with Crippen LogP contribution in [-0.4, -0.2) is 21.5 Å². The van der Waals surface area contributed by atoms with Crippen LogP contribution in [0.2, 0.25) is 5.02 Å². The molecule has 0 radical (unpaired) electrons. The Morgan fingerprint density at radius 3 is 2.71 bits per heavy atom. The average molecular weight is 340 g/mol. The van der Waals surface area contributed by atoms with Gasteiger partial charge >= 0.3 is 0 Å². The lowest BCUT2D eigenvalue weighted by Crippen LogP contribution is -2.09. The third-order valence-corrected chi connectivity index (χ3v) is 3.67. The Hall–Kier alpha value is -2.66. The predicted molar refractivity (Wildman–Crippen MR) is 97.2 cm³/mol. The predicted octanol–water partition coefficient (Wildman–Crippen LogP) is 3.79. The quantitative estimate of drug-likeness (QED) is 0.685. The van der Waals surface area contributed by atoms with Crippen LogP contribution in [-0.2, 0) is 13.0 Å². The van der Waals surface area contributed by atoms with E-state index in [0.717, 1.165) is 29.4 Å². The van der Waals surface area contributed by atoms with Crippen molar-refractivity contribution in [1.29, 1.82) is 0 Å². The maximum Gasteiger partial charge on any atom is 0.224 e. The summed E-state index contributed by atoms with van der Waals surface area (Å²) in [5.41, 5.74) is 2.28. The molecule has 0 saturated heterocycles. The summed E-state index contributed by atoms with van der Waals surface area (Å²) in [6.07, 6.45) is 6.19. The summed E-state index contributed by atoms with van der Waals surface area (Å²) in [5, 5.41) is 7.26. The number of anilines is 2. The van der Waals surface area contributed by atoms with Gasteiger partial charge in [0.05, 0.1) is 0 Å². The molecule has 1 aromatic carbocycles. The van der Waals surface area contributed by atoms with E-state index in [4.69, 9.17) is 11.6 Å². The van der Waals surface area contributed by atoms with E-state index in [1.165, 1.54) is 5.56 Å². The number of nitrogens with zero attached hydrogens (tertiary/aromatic N) is 3. The fourth-order valence-electron chi connectivity index (χ4n) is 2.25. The first-order valence-electron chi connectivity index (χ1n) is 7.74. The molecule has 3 aromatic rings. The highest BCUT2D eigenvalue weighted by atomic mass is 35.5. The first-order chi connectivity index (χ1) is 11.8. The maximum atomic E-state index is 5.99. The molecule has 2 heterocycles. The Morgan fingerprint density at radius 1 is 0.958 bits per heavy atom. The zero-order valence-corrected chi connectivity index (χ0v) is 13.9. The van der Waals surface area contributed by atoms with Crippen molar-refractivity contribution in [2.24, 2.45) is 0 Å². The molecule has 5 nitrogen and oxygen atoms in total. The Balaban J connectivity index is 1.51. The van der Waals surface area contributed by atoms with Gasteiger partial charge in [0.1, 0.15) is 5.82 Å². The topological polar surface area (TPSA) is 62.7 Å². The fraction of sp³-hybridized carbons (Fsp3) is 0.167. The van der Waals surface area contributed by atoms with Gasteiger partial charge in [-0.25, -0.2) is 4.98 Å². The molecule has 3 rings (SSSR count). The Labute approximate surface area is 146 Å². The number of halogens is 1. The van der Waals surface area contributed by atoms with Gasteiger partial charge in [-0.3, -0.25) is 4.98 Å². The highest BCUT2D eigenvalue weighted by molar-refractivity contribution is 6.30. The van der Waals surface area contributed by atoms with Gasteiger partial charge in [0, 0.05) is 36.7 Å². The summed E-state index contributed by atoms with van der Waals surface area (Å²) in [7, 11) is 0. The lowest BCUT2D eigenvalue weighted by Gasteiger charge is -2.08. The molecule has 0 aliphatic rings. The summed E-state index contributed by atoms with van der Waals surface area (Å²) in [4.78, 5) is 12.8. The van der Waals surface area contributed by atoms with E-state index >= 15 is 0 Å². The van der Waals surface area contributed by atoms with Crippen molar-refractivity contribution < 1.29 is 0 Å². The van der Waals surface area contributed by atoms with Crippen molar-refractivity contribution in [1.82, 2.24) is 15.0 Å². The van der Waals surface area contributed by atoms with Crippen LogP contribution >= 0.6 is 11.6 Å². The highest BCUT2D eigenvalue weighted by Crippen LogP contribution is 2.12. The number of hydrogen-bond acceptors (Lipinski definition) is 5. The van der Waals surface area contributed by atoms with E-state index in [1.54, 1.807) is 12.4 Å². The van der Waals surface area contributed by atoms with E-state index in [2.05, 4.69) is 31.7 Å². The van der Waals surface area contributed by atoms with E-state index < -0.39 is 0 Å². The van der Waals surface area contributed by atoms with E-state index in [0.29, 0.717) is 12.5 Å². The maximum absolute atomic E-state index is 5.99. The van der Waals surface area contributed by atoms with E-state index in [-0.39, 0.29) is 0 Å². The summed E-state index contributed by atoms with van der Waals surface area (Å²) in [5.74, 6) is 1.38. The SMILES string of the molecule is Clc1cccc(CCNc2ccnc(NCc3cccnc3)n2)c1. The van der Waals surface area contributed by atoms with Crippen molar-refractivity contribution >= 4 is 23.4 Å². The van der Waals surface area contributed by atoms with Crippen LogP contribution in [0.15, 0.2) is 61.1 Å². The third kappa shape index (κ3) is 4.93. The zero-order chi connectivity index (χ0) is 16.6. The number of nitrogens with one attached hydrogen (secondary N) is 2. The smallest absolute Gasteiger partial charge is 0.224 e. The molecular formula is C18H18ClN5. The van der Waals surface area contributed by atoms with Crippen LogP contribution < -0.4 is 10.6 Å². The van der Waals surface area contributed by atoms with Gasteiger partial charge in [-0.2, -0.15) is 4.98 Å². The molecule has 0 fully saturated rings. The minimum absolute atomic E-state index is 0.589. The Bertz CT molecular complexity index is 779. The zero-order valence-electron chi connectivity index (χ0n) is 13.1. The number of benzene rings is 1. The molecule has 0 unspecified atom stereocenters. The standard InChI is InChI=1S/C18H18ClN5/c19-16-5-1-3-14(11-16)6-9-21-17-7-10-22-18(24-17)23-13-15-4-2-8-20-12-15/h1-5,7-8,10-12H,6,9,13H2,(H2,21,22,23,24). The van der Waals surface area contributed by atoms with Crippen molar-refractivity contribution in [3.8, 4) is 0 Å². The van der Waals surface area contributed by atoms with Gasteiger partial charge < -0.3 is 10.6 Å². The molecule has 0 spiro atoms. The van der Waals surface area contributed by atoms with Crippen molar-refractivity contribution in [2.75, 3.05) is 17.2 Å². The van der Waals surface area contributed by atoms with Crippen LogP contribution in [0.5, 0.6) is 0 Å². The number of hydrogen-bond donors (Lipinski definition) is 2. The molecule has 0 aliphatic carbocycles. The monoisotopic (exact) mass is 339 g/mol. The van der Waals surface area contributed by atoms with Gasteiger partial charge in [0.25, 0.3) is 0 Å². The third-order valence-electron chi connectivity index (χ3n) is 3.44. The lowest BCUT2D eigenvalue weighted by molar-refractivity contribution is 0.990. The minimum atomic E-state index is 0.589. The van der Waals surface area contributed by atoms with Crippen LogP contribution in [0.3, 0.4) is 0 Å². The van der Waals surface area contributed by atoms with Crippen molar-refractivity contribution in [2.45, 2.75) is 13.0 Å². The minimum Gasteiger partial charge on any atom is -0.370 e. The summed E-state index contributed by atoms with van der Waals surface area (Å²) in [6, 6.07) is 13.6. The molecule has 0 amide bonds. The van der Waals surface area contributed by atoms with Gasteiger partial charge in [-0.15, -0.1) is 0 Å². The van der Waals surface area contributed by atoms with E-state index in [1.807, 2.05) is 42.6 Å². The lowest BCUT2D eigenvalue weighted by atomic mass is 10.1. The van der Waals surface area contributed by atoms with Gasteiger partial charge in [0.15, 0.2) is 0 Å². The second kappa shape index (κ2) is 8.26. The summed E-state index contributed by atoms with van der Waals surface area (Å²) >= 11 is 5.99. The van der Waals surface area contributed by atoms with E-state index in [9.17, 15) is 0 Å². The molecular weight excluding hydrogens is 322 g/mol. The largest absolute Gasteiger partial charge is 0.370 e. The second-order valence-electron chi connectivity index (χ2n) is 5.29. The average Bonchev–Trinajstić information content (AvgIpc) is 2.61. The number of aromatic nitrogens is 3. The first-order valence-corrected chi connectivity index (χ1v) is 8.11. The molecule has 0 bridgehead atoms. The molecule has 0 saturated carbocycles. The van der Waals surface area contributed by atoms with Crippen LogP contribution in [0.4, 0.5) is 11.8 Å². The molecule has 2 aromatic heterocycles. The van der Waals surface area contributed by atoms with Gasteiger partial charge in [0.2, 0.25) is 5.95 Å². The van der Waals surface area contributed by atoms with Crippen LogP contribution in [0.25, 0.3) is 0 Å². The highest BCUT2D eigenvalue weighted by Gasteiger charge is 2.00. The van der Waals surface area contributed by atoms with Crippen LogP contribution in [0.1, 0.15) is 11.1 Å². The molecule has 0 atom stereocenters. The Kier molecular flexibility index (Phi) is 5.58. The van der Waals surface area contributed by atoms with Crippen LogP contribution in [0, 0.1) is 0 Å². The van der Waals surface area contributed by atoms with Gasteiger partial charge in [-0.05, 0) is 41.8 Å². The summed E-state index contributed by atoms with van der Waals surface area (Å²) < 4.78 is 0. The second-order valence-corrected chi connectivity index (χ2v) is 5.72.